The summed E-state index contributed by atoms with van der Waals surface area (Å²) in [5, 5.41) is 20.8. The fraction of sp³-hybridized carbons (Fsp3) is 0.400. The average Bonchev–Trinajstić information content (AvgIpc) is 2.43. The smallest absolute Gasteiger partial charge is 0.245 e. The van der Waals surface area contributed by atoms with Crippen LogP contribution in [0.1, 0.15) is 25.8 Å². The Balaban J connectivity index is 2.31. The molecule has 20 heavy (non-hydrogen) atoms. The molecule has 1 fully saturated rings. The third-order valence-electron chi connectivity index (χ3n) is 3.29. The van der Waals surface area contributed by atoms with Crippen LogP contribution in [0.5, 0.6) is 0 Å². The zero-order chi connectivity index (χ0) is 14.8. The topological polar surface area (TPSA) is 79.9 Å². The molecular formula is C15H16N4O. The first-order valence-electron chi connectivity index (χ1n) is 6.43. The van der Waals surface area contributed by atoms with E-state index < -0.39 is 6.04 Å². The zero-order valence-corrected chi connectivity index (χ0v) is 11.6. The summed E-state index contributed by atoms with van der Waals surface area (Å²) in [4.78, 5) is 14.1. The normalized spacial score (nSPS) is 21.1. The van der Waals surface area contributed by atoms with Crippen molar-refractivity contribution in [3.05, 3.63) is 29.8 Å². The number of piperazine rings is 1. The molecular weight excluding hydrogens is 252 g/mol. The van der Waals surface area contributed by atoms with E-state index >= 15 is 0 Å². The van der Waals surface area contributed by atoms with Crippen LogP contribution in [0.25, 0.3) is 0 Å². The van der Waals surface area contributed by atoms with Gasteiger partial charge in [-0.25, -0.2) is 0 Å². The number of rotatable bonds is 2. The number of hydrogen-bond acceptors (Lipinski definition) is 4. The fourth-order valence-electron chi connectivity index (χ4n) is 2.40. The molecule has 102 valence electrons. The summed E-state index contributed by atoms with van der Waals surface area (Å²) in [7, 11) is 0. The molecule has 1 N–H and O–H groups in total. The van der Waals surface area contributed by atoms with Crippen molar-refractivity contribution in [2.75, 3.05) is 11.4 Å². The third-order valence-corrected chi connectivity index (χ3v) is 3.29. The molecule has 2 rings (SSSR count). The van der Waals surface area contributed by atoms with Gasteiger partial charge in [0.1, 0.15) is 6.04 Å². The highest BCUT2D eigenvalue weighted by atomic mass is 16.2. The Morgan fingerprint density at radius 1 is 1.35 bits per heavy atom. The molecule has 0 aliphatic carbocycles. The lowest BCUT2D eigenvalue weighted by Crippen LogP contribution is -2.65. The van der Waals surface area contributed by atoms with Crippen LogP contribution in [0, 0.1) is 22.7 Å². The number of carbonyl (C=O) groups is 1. The van der Waals surface area contributed by atoms with Crippen molar-refractivity contribution in [3.8, 4) is 12.1 Å². The van der Waals surface area contributed by atoms with Gasteiger partial charge in [-0.3, -0.25) is 10.1 Å². The van der Waals surface area contributed by atoms with Crippen molar-refractivity contribution in [1.82, 2.24) is 5.32 Å². The Labute approximate surface area is 118 Å². The third kappa shape index (κ3) is 2.79. The van der Waals surface area contributed by atoms with Crippen molar-refractivity contribution in [2.45, 2.75) is 31.8 Å². The zero-order valence-electron chi connectivity index (χ0n) is 11.6. The van der Waals surface area contributed by atoms with Crippen molar-refractivity contribution in [3.63, 3.8) is 0 Å². The molecule has 1 atom stereocenters. The second kappa shape index (κ2) is 5.32. The van der Waals surface area contributed by atoms with Gasteiger partial charge in [0.25, 0.3) is 0 Å². The highest BCUT2D eigenvalue weighted by Crippen LogP contribution is 2.24. The first kappa shape index (κ1) is 14.0. The molecule has 5 heteroatoms. The molecule has 1 amide bonds. The Kier molecular flexibility index (Phi) is 3.74. The Morgan fingerprint density at radius 2 is 2.00 bits per heavy atom. The van der Waals surface area contributed by atoms with Crippen molar-refractivity contribution in [1.29, 1.82) is 10.5 Å². The van der Waals surface area contributed by atoms with Gasteiger partial charge in [0.2, 0.25) is 5.91 Å². The molecule has 5 nitrogen and oxygen atoms in total. The van der Waals surface area contributed by atoms with Gasteiger partial charge in [0, 0.05) is 17.8 Å². The van der Waals surface area contributed by atoms with E-state index in [9.17, 15) is 4.79 Å². The highest BCUT2D eigenvalue weighted by Gasteiger charge is 2.38. The van der Waals surface area contributed by atoms with Crippen LogP contribution in [-0.4, -0.2) is 24.0 Å². The van der Waals surface area contributed by atoms with Crippen LogP contribution in [0.4, 0.5) is 5.69 Å². The average molecular weight is 268 g/mol. The second-order valence-electron chi connectivity index (χ2n) is 5.53. The fourth-order valence-corrected chi connectivity index (χ4v) is 2.40. The van der Waals surface area contributed by atoms with E-state index in [1.54, 1.807) is 29.2 Å². The number of nitrogens with zero attached hydrogens (tertiary/aromatic N) is 3. The summed E-state index contributed by atoms with van der Waals surface area (Å²) in [6.45, 7) is 4.53. The number of nitrogens with one attached hydrogen (secondary N) is 1. The standard InChI is InChI=1S/C15H16N4O/c1-15(2)10-19(14(20)13(18-15)7-8-16)12-5-3-11(9-17)4-6-12/h3-6,13,18H,7,10H2,1-2H3. The molecule has 0 aromatic heterocycles. The number of amides is 1. The molecule has 1 aliphatic heterocycles. The van der Waals surface area contributed by atoms with E-state index in [0.29, 0.717) is 12.1 Å². The molecule has 1 saturated heterocycles. The van der Waals surface area contributed by atoms with Crippen LogP contribution in [0.3, 0.4) is 0 Å². The number of carbonyl (C=O) groups excluding carboxylic acids is 1. The summed E-state index contributed by atoms with van der Waals surface area (Å²) >= 11 is 0. The van der Waals surface area contributed by atoms with E-state index in [2.05, 4.69) is 11.4 Å². The Hall–Kier alpha value is -2.37. The van der Waals surface area contributed by atoms with Crippen molar-refractivity contribution < 1.29 is 4.79 Å². The quantitative estimate of drug-likeness (QED) is 0.882. The highest BCUT2D eigenvalue weighted by molar-refractivity contribution is 5.98. The second-order valence-corrected chi connectivity index (χ2v) is 5.53. The summed E-state index contributed by atoms with van der Waals surface area (Å²) < 4.78 is 0. The van der Waals surface area contributed by atoms with Crippen LogP contribution < -0.4 is 10.2 Å². The number of hydrogen-bond donors (Lipinski definition) is 1. The Morgan fingerprint density at radius 3 is 2.55 bits per heavy atom. The van der Waals surface area contributed by atoms with Gasteiger partial charge in [-0.2, -0.15) is 10.5 Å². The lowest BCUT2D eigenvalue weighted by molar-refractivity contribution is -0.122. The van der Waals surface area contributed by atoms with Gasteiger partial charge in [-0.1, -0.05) is 0 Å². The minimum Gasteiger partial charge on any atom is -0.309 e. The maximum absolute atomic E-state index is 12.4. The molecule has 0 radical (unpaired) electrons. The molecule has 1 heterocycles. The maximum atomic E-state index is 12.4. The van der Waals surface area contributed by atoms with E-state index in [0.717, 1.165) is 5.69 Å². The van der Waals surface area contributed by atoms with E-state index in [4.69, 9.17) is 10.5 Å². The molecule has 1 aromatic carbocycles. The molecule has 0 spiro atoms. The largest absolute Gasteiger partial charge is 0.309 e. The van der Waals surface area contributed by atoms with Gasteiger partial charge in [-0.05, 0) is 38.1 Å². The molecule has 0 saturated carbocycles. The predicted molar refractivity (Wildman–Crippen MR) is 74.7 cm³/mol. The van der Waals surface area contributed by atoms with E-state index in [-0.39, 0.29) is 17.9 Å². The van der Waals surface area contributed by atoms with Gasteiger partial charge in [0.15, 0.2) is 0 Å². The first-order valence-corrected chi connectivity index (χ1v) is 6.43. The number of benzene rings is 1. The maximum Gasteiger partial charge on any atom is 0.245 e. The minimum absolute atomic E-state index is 0.101. The minimum atomic E-state index is -0.487. The van der Waals surface area contributed by atoms with Gasteiger partial charge < -0.3 is 4.90 Å². The SMILES string of the molecule is CC1(C)CN(c2ccc(C#N)cc2)C(=O)C(CC#N)N1. The number of anilines is 1. The van der Waals surface area contributed by atoms with Crippen LogP contribution in [0.2, 0.25) is 0 Å². The number of nitriles is 2. The van der Waals surface area contributed by atoms with Crippen LogP contribution in [-0.2, 0) is 4.79 Å². The van der Waals surface area contributed by atoms with Crippen molar-refractivity contribution >= 4 is 11.6 Å². The van der Waals surface area contributed by atoms with Gasteiger partial charge >= 0.3 is 0 Å². The van der Waals surface area contributed by atoms with E-state index in [1.165, 1.54) is 0 Å². The molecule has 1 aliphatic rings. The monoisotopic (exact) mass is 268 g/mol. The lowest BCUT2D eigenvalue weighted by atomic mass is 9.96. The Bertz CT molecular complexity index is 592. The van der Waals surface area contributed by atoms with Crippen LogP contribution in [0.15, 0.2) is 24.3 Å². The molecule has 1 unspecified atom stereocenters. The summed E-state index contributed by atoms with van der Waals surface area (Å²) in [5.74, 6) is -0.101. The summed E-state index contributed by atoms with van der Waals surface area (Å²) in [6.07, 6.45) is 0.148. The van der Waals surface area contributed by atoms with Gasteiger partial charge in [-0.15, -0.1) is 0 Å². The van der Waals surface area contributed by atoms with Crippen LogP contribution >= 0.6 is 0 Å². The van der Waals surface area contributed by atoms with E-state index in [1.807, 2.05) is 19.9 Å². The first-order chi connectivity index (χ1) is 9.46. The van der Waals surface area contributed by atoms with Gasteiger partial charge in [0.05, 0.1) is 24.1 Å². The molecule has 1 aromatic rings. The van der Waals surface area contributed by atoms with Crippen molar-refractivity contribution in [2.24, 2.45) is 0 Å². The predicted octanol–water partition coefficient (Wildman–Crippen LogP) is 1.56. The lowest BCUT2D eigenvalue weighted by Gasteiger charge is -2.42. The molecule has 0 bridgehead atoms. The summed E-state index contributed by atoms with van der Waals surface area (Å²) in [6, 6.07) is 10.5. The summed E-state index contributed by atoms with van der Waals surface area (Å²) in [5.41, 5.74) is 1.05.